The van der Waals surface area contributed by atoms with Crippen LogP contribution < -0.4 is 11.1 Å². The third-order valence-electron chi connectivity index (χ3n) is 3.10. The maximum Gasteiger partial charge on any atom is 0.262 e. The average Bonchev–Trinajstić information content (AvgIpc) is 2.85. The van der Waals surface area contributed by atoms with Crippen molar-refractivity contribution in [3.8, 4) is 0 Å². The number of amides is 1. The van der Waals surface area contributed by atoms with Crippen LogP contribution in [0.1, 0.15) is 42.4 Å². The Balaban J connectivity index is 2.93. The van der Waals surface area contributed by atoms with E-state index in [-0.39, 0.29) is 11.7 Å². The van der Waals surface area contributed by atoms with Gasteiger partial charge in [0.15, 0.2) is 5.84 Å². The van der Waals surface area contributed by atoms with Crippen LogP contribution in [-0.2, 0) is 6.42 Å². The van der Waals surface area contributed by atoms with Gasteiger partial charge in [0, 0.05) is 0 Å². The zero-order valence-corrected chi connectivity index (χ0v) is 11.7. The Morgan fingerprint density at radius 3 is 2.78 bits per heavy atom. The molecule has 5 nitrogen and oxygen atoms in total. The lowest BCUT2D eigenvalue weighted by Crippen LogP contribution is -2.55. The van der Waals surface area contributed by atoms with Crippen molar-refractivity contribution < 1.29 is 10.0 Å². The number of nitrogens with two attached hydrogens (primary N) is 1. The summed E-state index contributed by atoms with van der Waals surface area (Å²) < 4.78 is 0. The maximum absolute atomic E-state index is 12.2. The summed E-state index contributed by atoms with van der Waals surface area (Å²) in [7, 11) is 0. The van der Waals surface area contributed by atoms with E-state index < -0.39 is 5.54 Å². The molecule has 100 valence electrons. The van der Waals surface area contributed by atoms with Crippen LogP contribution in [0, 0.1) is 0 Å². The largest absolute Gasteiger partial charge is 0.409 e. The molecule has 1 rings (SSSR count). The van der Waals surface area contributed by atoms with Gasteiger partial charge in [0.05, 0.1) is 10.4 Å². The molecule has 0 saturated carbocycles. The molecule has 1 amide bonds. The molecule has 1 unspecified atom stereocenters. The molecule has 4 N–H and O–H groups in total. The third-order valence-corrected chi connectivity index (χ3v) is 4.06. The quantitative estimate of drug-likeness (QED) is 0.330. The number of thiophene rings is 1. The average molecular weight is 269 g/mol. The van der Waals surface area contributed by atoms with E-state index in [2.05, 4.69) is 10.5 Å². The molecule has 1 aromatic heterocycles. The topological polar surface area (TPSA) is 87.7 Å². The number of hydrogen-bond acceptors (Lipinski definition) is 4. The van der Waals surface area contributed by atoms with Crippen LogP contribution in [0.5, 0.6) is 0 Å². The number of nitrogens with zero attached hydrogens (tertiary/aromatic N) is 1. The van der Waals surface area contributed by atoms with Crippen molar-refractivity contribution in [2.24, 2.45) is 10.9 Å². The summed E-state index contributed by atoms with van der Waals surface area (Å²) in [6.45, 7) is 5.61. The Bertz CT molecular complexity index is 456. The van der Waals surface area contributed by atoms with Gasteiger partial charge < -0.3 is 16.3 Å². The molecule has 6 heteroatoms. The molecule has 1 heterocycles. The first kappa shape index (κ1) is 14.5. The lowest BCUT2D eigenvalue weighted by molar-refractivity contribution is 0.0928. The van der Waals surface area contributed by atoms with E-state index in [0.717, 1.165) is 12.0 Å². The van der Waals surface area contributed by atoms with Gasteiger partial charge in [-0.25, -0.2) is 0 Å². The fourth-order valence-electron chi connectivity index (χ4n) is 1.56. The highest BCUT2D eigenvalue weighted by Crippen LogP contribution is 2.19. The Labute approximate surface area is 111 Å². The monoisotopic (exact) mass is 269 g/mol. The fourth-order valence-corrected chi connectivity index (χ4v) is 2.45. The zero-order chi connectivity index (χ0) is 13.8. The van der Waals surface area contributed by atoms with Crippen molar-refractivity contribution in [3.63, 3.8) is 0 Å². The van der Waals surface area contributed by atoms with Crippen molar-refractivity contribution >= 4 is 23.1 Å². The second kappa shape index (κ2) is 5.86. The van der Waals surface area contributed by atoms with Crippen molar-refractivity contribution in [3.05, 3.63) is 21.9 Å². The number of carbonyl (C=O) groups excluding carboxylic acids is 1. The Kier molecular flexibility index (Phi) is 4.72. The predicted octanol–water partition coefficient (Wildman–Crippen LogP) is 1.96. The lowest BCUT2D eigenvalue weighted by Gasteiger charge is -2.27. The van der Waals surface area contributed by atoms with Gasteiger partial charge in [-0.3, -0.25) is 4.79 Å². The molecule has 0 aliphatic carbocycles. The number of hydrogen-bond donors (Lipinski definition) is 3. The van der Waals surface area contributed by atoms with Gasteiger partial charge in [0.1, 0.15) is 0 Å². The van der Waals surface area contributed by atoms with Crippen molar-refractivity contribution in [2.75, 3.05) is 0 Å². The van der Waals surface area contributed by atoms with Crippen molar-refractivity contribution in [2.45, 2.75) is 39.2 Å². The minimum absolute atomic E-state index is 0.00737. The number of oxime groups is 1. The van der Waals surface area contributed by atoms with Gasteiger partial charge in [-0.15, -0.1) is 11.3 Å². The molecular weight excluding hydrogens is 250 g/mol. The van der Waals surface area contributed by atoms with Crippen LogP contribution in [0.3, 0.4) is 0 Å². The summed E-state index contributed by atoms with van der Waals surface area (Å²) in [5, 5.41) is 16.5. The Morgan fingerprint density at radius 1 is 1.61 bits per heavy atom. The molecule has 0 spiro atoms. The summed E-state index contributed by atoms with van der Waals surface area (Å²) in [6.07, 6.45) is 1.35. The minimum Gasteiger partial charge on any atom is -0.409 e. The van der Waals surface area contributed by atoms with E-state index in [1.54, 1.807) is 6.92 Å². The number of rotatable bonds is 5. The summed E-state index contributed by atoms with van der Waals surface area (Å²) in [5.41, 5.74) is 5.80. The van der Waals surface area contributed by atoms with E-state index >= 15 is 0 Å². The highest BCUT2D eigenvalue weighted by atomic mass is 32.1. The number of aryl methyl sites for hydroxylation is 1. The maximum atomic E-state index is 12.2. The number of carbonyl (C=O) groups is 1. The molecule has 0 aliphatic heterocycles. The molecule has 18 heavy (non-hydrogen) atoms. The molecular formula is C12H19N3O2S. The predicted molar refractivity (Wildman–Crippen MR) is 73.3 cm³/mol. The van der Waals surface area contributed by atoms with Crippen LogP contribution in [-0.4, -0.2) is 22.5 Å². The van der Waals surface area contributed by atoms with Crippen LogP contribution in [0.2, 0.25) is 0 Å². The molecule has 1 atom stereocenters. The van der Waals surface area contributed by atoms with E-state index in [0.29, 0.717) is 11.3 Å². The van der Waals surface area contributed by atoms with Crippen LogP contribution >= 0.6 is 11.3 Å². The van der Waals surface area contributed by atoms with E-state index in [1.165, 1.54) is 11.3 Å². The van der Waals surface area contributed by atoms with Gasteiger partial charge in [-0.1, -0.05) is 19.0 Å². The van der Waals surface area contributed by atoms with Gasteiger partial charge in [-0.05, 0) is 36.8 Å². The van der Waals surface area contributed by atoms with E-state index in [9.17, 15) is 4.79 Å². The SMILES string of the molecule is CCc1ccsc1C(=O)NC(C)(CC)C(N)=NO. The molecule has 1 aromatic rings. The fraction of sp³-hybridized carbons (Fsp3) is 0.500. The highest BCUT2D eigenvalue weighted by Gasteiger charge is 2.30. The third kappa shape index (κ3) is 2.81. The molecule has 0 fully saturated rings. The second-order valence-electron chi connectivity index (χ2n) is 4.25. The van der Waals surface area contributed by atoms with Crippen LogP contribution in [0.4, 0.5) is 0 Å². The summed E-state index contributed by atoms with van der Waals surface area (Å²) in [4.78, 5) is 12.9. The van der Waals surface area contributed by atoms with Gasteiger partial charge in [0.25, 0.3) is 5.91 Å². The second-order valence-corrected chi connectivity index (χ2v) is 5.17. The Hall–Kier alpha value is -1.56. The van der Waals surface area contributed by atoms with Gasteiger partial charge in [-0.2, -0.15) is 0 Å². The smallest absolute Gasteiger partial charge is 0.262 e. The highest BCUT2D eigenvalue weighted by molar-refractivity contribution is 7.12. The minimum atomic E-state index is -0.833. The first-order valence-corrected chi connectivity index (χ1v) is 6.73. The Morgan fingerprint density at radius 2 is 2.28 bits per heavy atom. The normalized spacial score (nSPS) is 15.2. The van der Waals surface area contributed by atoms with Crippen LogP contribution in [0.15, 0.2) is 16.6 Å². The lowest BCUT2D eigenvalue weighted by atomic mass is 9.97. The zero-order valence-electron chi connectivity index (χ0n) is 10.9. The standard InChI is InChI=1S/C12H19N3O2S/c1-4-8-6-7-18-9(8)10(16)14-12(3,5-2)11(13)15-17/h6-7,17H,4-5H2,1-3H3,(H2,13,15)(H,14,16). The van der Waals surface area contributed by atoms with Crippen molar-refractivity contribution in [1.82, 2.24) is 5.32 Å². The molecule has 0 aromatic carbocycles. The van der Waals surface area contributed by atoms with Gasteiger partial charge >= 0.3 is 0 Å². The van der Waals surface area contributed by atoms with E-state index in [1.807, 2.05) is 25.3 Å². The molecule has 0 radical (unpaired) electrons. The molecule has 0 aliphatic rings. The summed E-state index contributed by atoms with van der Waals surface area (Å²) in [5.74, 6) is -0.175. The first-order chi connectivity index (χ1) is 8.48. The number of nitrogens with one attached hydrogen (secondary N) is 1. The number of amidine groups is 1. The van der Waals surface area contributed by atoms with E-state index in [4.69, 9.17) is 10.9 Å². The van der Waals surface area contributed by atoms with Crippen LogP contribution in [0.25, 0.3) is 0 Å². The van der Waals surface area contributed by atoms with Crippen molar-refractivity contribution in [1.29, 1.82) is 0 Å². The first-order valence-electron chi connectivity index (χ1n) is 5.85. The van der Waals surface area contributed by atoms with Gasteiger partial charge in [0.2, 0.25) is 0 Å². The summed E-state index contributed by atoms with van der Waals surface area (Å²) in [6, 6.07) is 1.94. The summed E-state index contributed by atoms with van der Waals surface area (Å²) >= 11 is 1.40. The molecule has 0 saturated heterocycles. The molecule has 0 bridgehead atoms.